The van der Waals surface area contributed by atoms with E-state index in [9.17, 15) is 0 Å². The van der Waals surface area contributed by atoms with Crippen molar-refractivity contribution in [1.82, 2.24) is 5.32 Å². The average Bonchev–Trinajstić information content (AvgIpc) is 2.88. The van der Waals surface area contributed by atoms with E-state index in [0.29, 0.717) is 19.2 Å². The molecule has 5 nitrogen and oxygen atoms in total. The molecule has 1 rings (SSSR count). The first kappa shape index (κ1) is 17.8. The van der Waals surface area contributed by atoms with Crippen LogP contribution in [0.2, 0.25) is 0 Å². The largest absolute Gasteiger partial charge is 0.396 e. The van der Waals surface area contributed by atoms with E-state index < -0.39 is 0 Å². The molecular formula is C13H29NO4. The predicted octanol–water partition coefficient (Wildman–Crippen LogP) is 1.80. The van der Waals surface area contributed by atoms with Gasteiger partial charge < -0.3 is 15.2 Å². The van der Waals surface area contributed by atoms with Crippen LogP contribution in [0.3, 0.4) is 0 Å². The van der Waals surface area contributed by atoms with Crippen LogP contribution in [-0.4, -0.2) is 48.9 Å². The Bertz CT molecular complexity index is 169. The molecule has 1 aliphatic rings. The van der Waals surface area contributed by atoms with E-state index in [-0.39, 0.29) is 12.7 Å². The second kappa shape index (κ2) is 13.2. The number of aliphatic hydroxyl groups excluding tert-OH is 1. The molecule has 0 aliphatic carbocycles. The summed E-state index contributed by atoms with van der Waals surface area (Å²) >= 11 is 0. The van der Waals surface area contributed by atoms with Gasteiger partial charge in [0.05, 0.1) is 6.61 Å². The van der Waals surface area contributed by atoms with Gasteiger partial charge >= 0.3 is 0 Å². The minimum absolute atomic E-state index is 0.0850. The Labute approximate surface area is 110 Å². The highest BCUT2D eigenvalue weighted by molar-refractivity contribution is 4.81. The van der Waals surface area contributed by atoms with Crippen molar-refractivity contribution < 1.29 is 20.0 Å². The van der Waals surface area contributed by atoms with Gasteiger partial charge in [-0.15, -0.1) is 0 Å². The van der Waals surface area contributed by atoms with E-state index in [1.807, 2.05) is 13.8 Å². The topological polar surface area (TPSA) is 71.0 Å². The second-order valence-corrected chi connectivity index (χ2v) is 4.28. The molecular weight excluding hydrogens is 234 g/mol. The molecule has 0 radical (unpaired) electrons. The van der Waals surface area contributed by atoms with Crippen LogP contribution in [-0.2, 0) is 9.62 Å². The number of aliphatic hydroxyl groups is 1. The van der Waals surface area contributed by atoms with Crippen molar-refractivity contribution in [1.29, 1.82) is 0 Å². The summed E-state index contributed by atoms with van der Waals surface area (Å²) in [4.78, 5) is 4.27. The molecule has 110 valence electrons. The Kier molecular flexibility index (Phi) is 13.1. The molecule has 0 aromatic rings. The average molecular weight is 263 g/mol. The maximum atomic E-state index is 8.59. The SMILES string of the molecule is CC.OCCCCCCOCC1CC(OO)CN1. The predicted molar refractivity (Wildman–Crippen MR) is 71.6 cm³/mol. The highest BCUT2D eigenvalue weighted by Gasteiger charge is 2.24. The molecule has 0 aromatic heterocycles. The van der Waals surface area contributed by atoms with E-state index in [0.717, 1.165) is 38.7 Å². The van der Waals surface area contributed by atoms with Crippen LogP contribution in [0.15, 0.2) is 0 Å². The third-order valence-corrected chi connectivity index (χ3v) is 2.85. The zero-order valence-electron chi connectivity index (χ0n) is 11.7. The summed E-state index contributed by atoms with van der Waals surface area (Å²) in [5, 5.41) is 20.3. The van der Waals surface area contributed by atoms with Gasteiger partial charge in [0, 0.05) is 25.8 Å². The quantitative estimate of drug-likeness (QED) is 0.336. The summed E-state index contributed by atoms with van der Waals surface area (Å²) in [5.74, 6) is 0. The lowest BCUT2D eigenvalue weighted by molar-refractivity contribution is -0.273. The zero-order valence-corrected chi connectivity index (χ0v) is 11.7. The van der Waals surface area contributed by atoms with Gasteiger partial charge in [0.2, 0.25) is 0 Å². The molecule has 3 N–H and O–H groups in total. The van der Waals surface area contributed by atoms with Crippen LogP contribution < -0.4 is 5.32 Å². The normalized spacial score (nSPS) is 22.7. The van der Waals surface area contributed by atoms with Gasteiger partial charge in [0.1, 0.15) is 6.10 Å². The summed E-state index contributed by atoms with van der Waals surface area (Å²) in [6, 6.07) is 0.301. The van der Waals surface area contributed by atoms with Gasteiger partial charge in [-0.25, -0.2) is 4.89 Å². The van der Waals surface area contributed by atoms with Crippen molar-refractivity contribution in [3.8, 4) is 0 Å². The number of rotatable bonds is 9. The van der Waals surface area contributed by atoms with E-state index >= 15 is 0 Å². The molecule has 0 aromatic carbocycles. The van der Waals surface area contributed by atoms with E-state index in [1.54, 1.807) is 0 Å². The minimum atomic E-state index is -0.0850. The second-order valence-electron chi connectivity index (χ2n) is 4.28. The molecule has 1 saturated heterocycles. The summed E-state index contributed by atoms with van der Waals surface area (Å²) in [6.07, 6.45) is 4.84. The highest BCUT2D eigenvalue weighted by atomic mass is 17.1. The monoisotopic (exact) mass is 263 g/mol. The van der Waals surface area contributed by atoms with Crippen LogP contribution in [0.25, 0.3) is 0 Å². The number of unbranched alkanes of at least 4 members (excludes halogenated alkanes) is 3. The molecule has 2 atom stereocenters. The molecule has 0 amide bonds. The third-order valence-electron chi connectivity index (χ3n) is 2.85. The molecule has 0 saturated carbocycles. The van der Waals surface area contributed by atoms with E-state index in [2.05, 4.69) is 10.2 Å². The molecule has 18 heavy (non-hydrogen) atoms. The lowest BCUT2D eigenvalue weighted by atomic mass is 10.2. The fourth-order valence-corrected chi connectivity index (χ4v) is 1.88. The van der Waals surface area contributed by atoms with Crippen LogP contribution in [0.5, 0.6) is 0 Å². The Morgan fingerprint density at radius 1 is 1.17 bits per heavy atom. The Morgan fingerprint density at radius 3 is 2.50 bits per heavy atom. The smallest absolute Gasteiger partial charge is 0.107 e. The molecule has 0 bridgehead atoms. The Balaban J connectivity index is 0.00000137. The van der Waals surface area contributed by atoms with Gasteiger partial charge in [0.25, 0.3) is 0 Å². The van der Waals surface area contributed by atoms with Crippen molar-refractivity contribution in [3.63, 3.8) is 0 Å². The van der Waals surface area contributed by atoms with Crippen molar-refractivity contribution in [2.45, 2.75) is 58.1 Å². The summed E-state index contributed by atoms with van der Waals surface area (Å²) < 4.78 is 5.53. The zero-order chi connectivity index (χ0) is 13.6. The van der Waals surface area contributed by atoms with Crippen molar-refractivity contribution in [2.75, 3.05) is 26.4 Å². The number of nitrogens with one attached hydrogen (secondary N) is 1. The highest BCUT2D eigenvalue weighted by Crippen LogP contribution is 2.09. The van der Waals surface area contributed by atoms with E-state index in [4.69, 9.17) is 15.1 Å². The summed E-state index contributed by atoms with van der Waals surface area (Å²) in [5.41, 5.74) is 0. The molecule has 1 aliphatic heterocycles. The van der Waals surface area contributed by atoms with Crippen LogP contribution in [0.1, 0.15) is 46.0 Å². The van der Waals surface area contributed by atoms with Crippen LogP contribution in [0.4, 0.5) is 0 Å². The van der Waals surface area contributed by atoms with Gasteiger partial charge in [-0.05, 0) is 19.3 Å². The number of ether oxygens (including phenoxy) is 1. The fourth-order valence-electron chi connectivity index (χ4n) is 1.88. The van der Waals surface area contributed by atoms with Crippen LogP contribution >= 0.6 is 0 Å². The number of hydrogen-bond donors (Lipinski definition) is 3. The van der Waals surface area contributed by atoms with Crippen molar-refractivity contribution in [2.24, 2.45) is 0 Å². The lowest BCUT2D eigenvalue weighted by Gasteiger charge is -2.10. The van der Waals surface area contributed by atoms with Gasteiger partial charge in [-0.3, -0.25) is 5.26 Å². The summed E-state index contributed by atoms with van der Waals surface area (Å²) in [7, 11) is 0. The maximum absolute atomic E-state index is 8.59. The molecule has 1 heterocycles. The lowest BCUT2D eigenvalue weighted by Crippen LogP contribution is -2.26. The molecule has 0 spiro atoms. The first-order valence-corrected chi connectivity index (χ1v) is 7.09. The van der Waals surface area contributed by atoms with Gasteiger partial charge in [-0.2, -0.15) is 0 Å². The Morgan fingerprint density at radius 2 is 1.89 bits per heavy atom. The molecule has 1 fully saturated rings. The van der Waals surface area contributed by atoms with Crippen LogP contribution in [0, 0.1) is 0 Å². The van der Waals surface area contributed by atoms with Crippen molar-refractivity contribution >= 4 is 0 Å². The first-order valence-electron chi connectivity index (χ1n) is 7.09. The standard InChI is InChI=1S/C11H23NO4.C2H6/c13-5-3-1-2-4-6-15-9-10-7-11(16-14)8-12-10;1-2/h10-14H,1-9H2;1-2H3. The summed E-state index contributed by atoms with van der Waals surface area (Å²) in [6.45, 7) is 6.44. The number of hydrogen-bond acceptors (Lipinski definition) is 5. The van der Waals surface area contributed by atoms with Crippen molar-refractivity contribution in [3.05, 3.63) is 0 Å². The van der Waals surface area contributed by atoms with E-state index in [1.165, 1.54) is 0 Å². The minimum Gasteiger partial charge on any atom is -0.396 e. The maximum Gasteiger partial charge on any atom is 0.107 e. The molecule has 2 unspecified atom stereocenters. The van der Waals surface area contributed by atoms with Gasteiger partial charge in [-0.1, -0.05) is 26.7 Å². The first-order chi connectivity index (χ1) is 8.86. The molecule has 5 heteroatoms. The fraction of sp³-hybridized carbons (Fsp3) is 1.00. The Hall–Kier alpha value is -0.200. The van der Waals surface area contributed by atoms with Gasteiger partial charge in [0.15, 0.2) is 0 Å². The third kappa shape index (κ3) is 8.83.